The molecule has 0 aliphatic rings. The van der Waals surface area contributed by atoms with Gasteiger partial charge in [0, 0.05) is 6.04 Å². The van der Waals surface area contributed by atoms with Crippen LogP contribution in [0.4, 0.5) is 18.4 Å². The molecule has 0 saturated carbocycles. The Bertz CT molecular complexity index is 904. The van der Waals surface area contributed by atoms with Crippen LogP contribution in [0.15, 0.2) is 60.7 Å². The smallest absolute Gasteiger partial charge is 0.420 e. The topological polar surface area (TPSA) is 102 Å². The second-order valence-corrected chi connectivity index (χ2v) is 8.67. The van der Waals surface area contributed by atoms with E-state index in [0.717, 1.165) is 0 Å². The predicted octanol–water partition coefficient (Wildman–Crippen LogP) is 4.13. The molecule has 9 heteroatoms. The molecule has 0 bridgehead atoms. The van der Waals surface area contributed by atoms with Crippen LogP contribution in [-0.4, -0.2) is 52.4 Å². The fourth-order valence-electron chi connectivity index (χ4n) is 2.93. The number of carbonyl (C=O) groups is 2. The Kier molecular flexibility index (Phi) is 8.90. The van der Waals surface area contributed by atoms with Crippen molar-refractivity contribution in [3.63, 3.8) is 0 Å². The van der Waals surface area contributed by atoms with E-state index in [0.29, 0.717) is 11.1 Å². The zero-order chi connectivity index (χ0) is 24.6. The Labute approximate surface area is 192 Å². The minimum atomic E-state index is -3.92. The van der Waals surface area contributed by atoms with Gasteiger partial charge in [-0.3, -0.25) is 0 Å². The van der Waals surface area contributed by atoms with Crippen molar-refractivity contribution in [3.8, 4) is 0 Å². The first kappa shape index (κ1) is 26.2. The number of carbonyl (C=O) groups excluding carboxylic acids is 2. The van der Waals surface area contributed by atoms with Crippen molar-refractivity contribution in [1.82, 2.24) is 4.90 Å². The quantitative estimate of drug-likeness (QED) is 0.609. The minimum Gasteiger partial charge on any atom is -0.444 e. The standard InChI is InChI=1S/C24H30F2N2O5/c1-23(2,3)33-22(31)28(21(30)32-15-18-12-8-5-9-13-18)16-24(25,26)20(29)19(27)14-17-10-6-4-7-11-17/h4-13,19-20,29H,14-16,27H2,1-3H3. The van der Waals surface area contributed by atoms with Gasteiger partial charge in [0.05, 0.1) is 0 Å². The van der Waals surface area contributed by atoms with E-state index in [1.54, 1.807) is 60.7 Å². The lowest BCUT2D eigenvalue weighted by molar-refractivity contribution is -0.128. The molecular weight excluding hydrogens is 434 g/mol. The molecule has 2 rings (SSSR count). The average Bonchev–Trinajstić information content (AvgIpc) is 2.75. The molecule has 2 atom stereocenters. The number of nitrogens with two attached hydrogens (primary N) is 1. The van der Waals surface area contributed by atoms with Crippen LogP contribution in [0.2, 0.25) is 0 Å². The van der Waals surface area contributed by atoms with E-state index in [1.807, 2.05) is 0 Å². The van der Waals surface area contributed by atoms with Crippen LogP contribution >= 0.6 is 0 Å². The number of hydrogen-bond donors (Lipinski definition) is 2. The number of aliphatic hydroxyl groups is 1. The van der Waals surface area contributed by atoms with Crippen molar-refractivity contribution in [3.05, 3.63) is 71.8 Å². The Morgan fingerprint density at radius 2 is 1.48 bits per heavy atom. The third-order valence-electron chi connectivity index (χ3n) is 4.56. The SMILES string of the molecule is CC(C)(C)OC(=O)N(CC(F)(F)C(O)C(N)Cc1ccccc1)C(=O)OCc1ccccc1. The maximum Gasteiger partial charge on any atom is 0.420 e. The fourth-order valence-corrected chi connectivity index (χ4v) is 2.93. The number of nitrogens with zero attached hydrogens (tertiary/aromatic N) is 1. The van der Waals surface area contributed by atoms with E-state index in [1.165, 1.54) is 20.8 Å². The Hall–Kier alpha value is -3.04. The third-order valence-corrected chi connectivity index (χ3v) is 4.56. The molecule has 0 aliphatic carbocycles. The van der Waals surface area contributed by atoms with E-state index in [4.69, 9.17) is 15.2 Å². The van der Waals surface area contributed by atoms with Crippen molar-refractivity contribution in [2.24, 2.45) is 5.73 Å². The Balaban J connectivity index is 2.14. The summed E-state index contributed by atoms with van der Waals surface area (Å²) in [5.74, 6) is -3.92. The van der Waals surface area contributed by atoms with Gasteiger partial charge in [-0.05, 0) is 38.3 Å². The molecule has 2 aromatic rings. The van der Waals surface area contributed by atoms with Gasteiger partial charge in [0.1, 0.15) is 24.9 Å². The van der Waals surface area contributed by atoms with Crippen molar-refractivity contribution in [2.45, 2.75) is 57.5 Å². The molecule has 2 unspecified atom stereocenters. The molecule has 0 spiro atoms. The van der Waals surface area contributed by atoms with Crippen LogP contribution in [0, 0.1) is 0 Å². The van der Waals surface area contributed by atoms with Crippen LogP contribution in [0.3, 0.4) is 0 Å². The maximum absolute atomic E-state index is 15.0. The number of ether oxygens (including phenoxy) is 2. The molecule has 0 aromatic heterocycles. The van der Waals surface area contributed by atoms with Crippen LogP contribution in [0.5, 0.6) is 0 Å². The summed E-state index contributed by atoms with van der Waals surface area (Å²) >= 11 is 0. The van der Waals surface area contributed by atoms with Gasteiger partial charge >= 0.3 is 12.2 Å². The monoisotopic (exact) mass is 464 g/mol. The van der Waals surface area contributed by atoms with Gasteiger partial charge in [-0.2, -0.15) is 0 Å². The molecule has 7 nitrogen and oxygen atoms in total. The summed E-state index contributed by atoms with van der Waals surface area (Å²) in [6, 6.07) is 15.8. The summed E-state index contributed by atoms with van der Waals surface area (Å²) in [6.07, 6.45) is -4.99. The molecule has 2 amide bonds. The number of halogens is 2. The van der Waals surface area contributed by atoms with Crippen LogP contribution < -0.4 is 5.73 Å². The van der Waals surface area contributed by atoms with Gasteiger partial charge in [-0.1, -0.05) is 60.7 Å². The summed E-state index contributed by atoms with van der Waals surface area (Å²) in [7, 11) is 0. The van der Waals surface area contributed by atoms with Gasteiger partial charge in [0.25, 0.3) is 5.92 Å². The van der Waals surface area contributed by atoms with Gasteiger partial charge < -0.3 is 20.3 Å². The lowest BCUT2D eigenvalue weighted by Gasteiger charge is -2.32. The maximum atomic E-state index is 15.0. The Morgan fingerprint density at radius 3 is 2.00 bits per heavy atom. The highest BCUT2D eigenvalue weighted by molar-refractivity contribution is 5.88. The first-order valence-electron chi connectivity index (χ1n) is 10.5. The summed E-state index contributed by atoms with van der Waals surface area (Å²) in [6.45, 7) is 2.89. The number of rotatable bonds is 8. The molecule has 180 valence electrons. The van der Waals surface area contributed by atoms with Crippen LogP contribution in [0.1, 0.15) is 31.9 Å². The molecule has 0 aliphatic heterocycles. The van der Waals surface area contributed by atoms with Crippen LogP contribution in [0.25, 0.3) is 0 Å². The van der Waals surface area contributed by atoms with E-state index >= 15 is 0 Å². The second kappa shape index (κ2) is 11.2. The van der Waals surface area contributed by atoms with Gasteiger partial charge in [0.15, 0.2) is 0 Å². The van der Waals surface area contributed by atoms with Crippen LogP contribution in [-0.2, 0) is 22.5 Å². The highest BCUT2D eigenvalue weighted by Gasteiger charge is 2.47. The predicted molar refractivity (Wildman–Crippen MR) is 119 cm³/mol. The summed E-state index contributed by atoms with van der Waals surface area (Å²) < 4.78 is 40.0. The molecule has 0 heterocycles. The zero-order valence-corrected chi connectivity index (χ0v) is 18.9. The van der Waals surface area contributed by atoms with Crippen molar-refractivity contribution < 1.29 is 33.0 Å². The molecule has 2 aromatic carbocycles. The highest BCUT2D eigenvalue weighted by atomic mass is 19.3. The molecule has 0 fully saturated rings. The molecular formula is C24H30F2N2O5. The number of benzene rings is 2. The molecule has 0 saturated heterocycles. The summed E-state index contributed by atoms with van der Waals surface area (Å²) in [4.78, 5) is 25.2. The largest absolute Gasteiger partial charge is 0.444 e. The highest BCUT2D eigenvalue weighted by Crippen LogP contribution is 2.25. The lowest BCUT2D eigenvalue weighted by atomic mass is 9.98. The summed E-state index contributed by atoms with van der Waals surface area (Å²) in [5.41, 5.74) is 6.03. The molecule has 0 radical (unpaired) electrons. The van der Waals surface area contributed by atoms with Gasteiger partial charge in [-0.15, -0.1) is 0 Å². The van der Waals surface area contributed by atoms with E-state index in [9.17, 15) is 23.5 Å². The third kappa shape index (κ3) is 8.43. The fraction of sp³-hybridized carbons (Fsp3) is 0.417. The lowest BCUT2D eigenvalue weighted by Crippen LogP contribution is -2.56. The zero-order valence-electron chi connectivity index (χ0n) is 18.9. The average molecular weight is 465 g/mol. The molecule has 33 heavy (non-hydrogen) atoms. The van der Waals surface area contributed by atoms with Crippen molar-refractivity contribution >= 4 is 12.2 Å². The number of hydrogen-bond acceptors (Lipinski definition) is 6. The van der Waals surface area contributed by atoms with E-state index in [-0.39, 0.29) is 17.9 Å². The van der Waals surface area contributed by atoms with Gasteiger partial charge in [0.2, 0.25) is 0 Å². The van der Waals surface area contributed by atoms with Crippen molar-refractivity contribution in [1.29, 1.82) is 0 Å². The summed E-state index contributed by atoms with van der Waals surface area (Å²) in [5, 5.41) is 10.3. The first-order valence-corrected chi connectivity index (χ1v) is 10.5. The van der Waals surface area contributed by atoms with E-state index < -0.39 is 42.4 Å². The second-order valence-electron chi connectivity index (χ2n) is 8.67. The Morgan fingerprint density at radius 1 is 0.970 bits per heavy atom. The number of amides is 2. The van der Waals surface area contributed by atoms with Crippen molar-refractivity contribution in [2.75, 3.05) is 6.54 Å². The number of imide groups is 1. The number of alkyl halides is 2. The van der Waals surface area contributed by atoms with E-state index in [2.05, 4.69) is 0 Å². The normalized spacial score (nSPS) is 13.7. The first-order chi connectivity index (χ1) is 15.4. The number of aliphatic hydroxyl groups excluding tert-OH is 1. The van der Waals surface area contributed by atoms with Gasteiger partial charge in [-0.25, -0.2) is 23.3 Å². The molecule has 3 N–H and O–H groups in total. The minimum absolute atomic E-state index is 0.0253.